The van der Waals surface area contributed by atoms with E-state index in [0.717, 1.165) is 25.9 Å². The Morgan fingerprint density at radius 2 is 2.05 bits per heavy atom. The summed E-state index contributed by atoms with van der Waals surface area (Å²) in [5.41, 5.74) is 0.614. The van der Waals surface area contributed by atoms with Crippen molar-refractivity contribution >= 4 is 11.7 Å². The zero-order chi connectivity index (χ0) is 15.1. The highest BCUT2D eigenvalue weighted by Gasteiger charge is 2.16. The van der Waals surface area contributed by atoms with Gasteiger partial charge in [-0.25, -0.2) is 0 Å². The zero-order valence-corrected chi connectivity index (χ0v) is 12.4. The molecular formula is C16H22N2O3. The summed E-state index contributed by atoms with van der Waals surface area (Å²) < 4.78 is 5.05. The Hall–Kier alpha value is -1.88. The lowest BCUT2D eigenvalue weighted by Gasteiger charge is -2.23. The van der Waals surface area contributed by atoms with E-state index in [0.29, 0.717) is 11.3 Å². The number of carbonyl (C=O) groups excluding carboxylic acids is 2. The Morgan fingerprint density at radius 1 is 1.29 bits per heavy atom. The van der Waals surface area contributed by atoms with E-state index in [1.165, 1.54) is 0 Å². The van der Waals surface area contributed by atoms with Crippen molar-refractivity contribution in [2.24, 2.45) is 0 Å². The van der Waals surface area contributed by atoms with E-state index in [4.69, 9.17) is 4.74 Å². The van der Waals surface area contributed by atoms with Crippen molar-refractivity contribution < 1.29 is 14.3 Å². The lowest BCUT2D eigenvalue weighted by molar-refractivity contribution is -0.121. The standard InChI is InChI=1S/C16H22N2O3/c1-21-14-6-4-12(5-7-14)15(19)8-9-16(20)18-13-3-2-10-17-11-13/h4-7,13,17H,2-3,8-11H2,1H3,(H,18,20)/t13-/m0/s1. The van der Waals surface area contributed by atoms with Gasteiger partial charge in [0.1, 0.15) is 5.75 Å². The number of hydrogen-bond acceptors (Lipinski definition) is 4. The molecule has 1 aliphatic rings. The number of rotatable bonds is 6. The van der Waals surface area contributed by atoms with Crippen LogP contribution in [0.1, 0.15) is 36.0 Å². The highest BCUT2D eigenvalue weighted by molar-refractivity contribution is 5.98. The molecule has 2 rings (SSSR count). The fraction of sp³-hybridized carbons (Fsp3) is 0.500. The molecule has 1 aromatic rings. The maximum atomic E-state index is 12.0. The van der Waals surface area contributed by atoms with Crippen LogP contribution in [0.5, 0.6) is 5.75 Å². The van der Waals surface area contributed by atoms with Crippen molar-refractivity contribution in [2.45, 2.75) is 31.7 Å². The van der Waals surface area contributed by atoms with Gasteiger partial charge >= 0.3 is 0 Å². The summed E-state index contributed by atoms with van der Waals surface area (Å²) in [4.78, 5) is 23.8. The second-order valence-corrected chi connectivity index (χ2v) is 5.26. The minimum Gasteiger partial charge on any atom is -0.497 e. The zero-order valence-electron chi connectivity index (χ0n) is 12.4. The molecule has 0 saturated carbocycles. The SMILES string of the molecule is COc1ccc(C(=O)CCC(=O)N[C@H]2CCCNC2)cc1. The van der Waals surface area contributed by atoms with Gasteiger partial charge in [0.05, 0.1) is 7.11 Å². The van der Waals surface area contributed by atoms with E-state index in [9.17, 15) is 9.59 Å². The van der Waals surface area contributed by atoms with E-state index in [2.05, 4.69) is 10.6 Å². The summed E-state index contributed by atoms with van der Waals surface area (Å²) in [6.07, 6.45) is 2.56. The van der Waals surface area contributed by atoms with Crippen LogP contribution in [0.2, 0.25) is 0 Å². The maximum Gasteiger partial charge on any atom is 0.220 e. The molecule has 5 heteroatoms. The molecule has 2 N–H and O–H groups in total. The average Bonchev–Trinajstić information content (AvgIpc) is 2.53. The molecule has 1 aromatic carbocycles. The number of hydrogen-bond donors (Lipinski definition) is 2. The third kappa shape index (κ3) is 4.86. The molecule has 1 fully saturated rings. The molecule has 0 aliphatic carbocycles. The number of benzene rings is 1. The Kier molecular flexibility index (Phi) is 5.75. The Labute approximate surface area is 125 Å². The van der Waals surface area contributed by atoms with Gasteiger partial charge in [-0.2, -0.15) is 0 Å². The summed E-state index contributed by atoms with van der Waals surface area (Å²) >= 11 is 0. The molecule has 0 bridgehead atoms. The van der Waals surface area contributed by atoms with Gasteiger partial charge in [-0.1, -0.05) is 0 Å². The summed E-state index contributed by atoms with van der Waals surface area (Å²) in [5.74, 6) is 0.647. The molecule has 0 aromatic heterocycles. The maximum absolute atomic E-state index is 12.0. The molecule has 0 radical (unpaired) electrons. The van der Waals surface area contributed by atoms with Gasteiger partial charge in [-0.05, 0) is 43.7 Å². The van der Waals surface area contributed by atoms with Crippen molar-refractivity contribution in [3.63, 3.8) is 0 Å². The lowest BCUT2D eigenvalue weighted by atomic mass is 10.0. The number of piperidine rings is 1. The van der Waals surface area contributed by atoms with Gasteiger partial charge in [0.25, 0.3) is 0 Å². The summed E-state index contributed by atoms with van der Waals surface area (Å²) in [7, 11) is 1.58. The molecule has 0 spiro atoms. The number of methoxy groups -OCH3 is 1. The molecular weight excluding hydrogens is 268 g/mol. The highest BCUT2D eigenvalue weighted by Crippen LogP contribution is 2.13. The Balaban J connectivity index is 1.75. The summed E-state index contributed by atoms with van der Waals surface area (Å²) in [5, 5.41) is 6.22. The molecule has 21 heavy (non-hydrogen) atoms. The summed E-state index contributed by atoms with van der Waals surface area (Å²) in [6, 6.07) is 7.15. The first-order valence-electron chi connectivity index (χ1n) is 7.36. The fourth-order valence-electron chi connectivity index (χ4n) is 2.42. The number of Topliss-reactive ketones (excluding diaryl/α,β-unsaturated/α-hetero) is 1. The minimum atomic E-state index is -0.0504. The fourth-order valence-corrected chi connectivity index (χ4v) is 2.42. The monoisotopic (exact) mass is 290 g/mol. The number of carbonyl (C=O) groups is 2. The van der Waals surface area contributed by atoms with Crippen LogP contribution in [-0.2, 0) is 4.79 Å². The average molecular weight is 290 g/mol. The van der Waals surface area contributed by atoms with Gasteiger partial charge < -0.3 is 15.4 Å². The number of nitrogens with one attached hydrogen (secondary N) is 2. The number of ketones is 1. The minimum absolute atomic E-state index is 0.0189. The topological polar surface area (TPSA) is 67.4 Å². The predicted octanol–water partition coefficient (Wildman–Crippen LogP) is 1.53. The highest BCUT2D eigenvalue weighted by atomic mass is 16.5. The molecule has 1 atom stereocenters. The van der Waals surface area contributed by atoms with Crippen molar-refractivity contribution in [1.82, 2.24) is 10.6 Å². The van der Waals surface area contributed by atoms with E-state index in [1.807, 2.05) is 0 Å². The molecule has 5 nitrogen and oxygen atoms in total. The van der Waals surface area contributed by atoms with Gasteiger partial charge in [0, 0.05) is 31.0 Å². The molecule has 1 amide bonds. The van der Waals surface area contributed by atoms with Crippen LogP contribution in [0, 0.1) is 0 Å². The van der Waals surface area contributed by atoms with E-state index < -0.39 is 0 Å². The largest absolute Gasteiger partial charge is 0.497 e. The smallest absolute Gasteiger partial charge is 0.220 e. The molecule has 1 saturated heterocycles. The van der Waals surface area contributed by atoms with Gasteiger partial charge in [0.2, 0.25) is 5.91 Å². The molecule has 0 unspecified atom stereocenters. The number of ether oxygens (including phenoxy) is 1. The second-order valence-electron chi connectivity index (χ2n) is 5.26. The van der Waals surface area contributed by atoms with Crippen LogP contribution in [0.25, 0.3) is 0 Å². The van der Waals surface area contributed by atoms with Crippen molar-refractivity contribution in [3.05, 3.63) is 29.8 Å². The Bertz CT molecular complexity index is 479. The lowest BCUT2D eigenvalue weighted by Crippen LogP contribution is -2.45. The van der Waals surface area contributed by atoms with E-state index in [-0.39, 0.29) is 30.6 Å². The van der Waals surface area contributed by atoms with Gasteiger partial charge in [-0.15, -0.1) is 0 Å². The Morgan fingerprint density at radius 3 is 2.67 bits per heavy atom. The van der Waals surface area contributed by atoms with Gasteiger partial charge in [-0.3, -0.25) is 9.59 Å². The van der Waals surface area contributed by atoms with Crippen molar-refractivity contribution in [3.8, 4) is 5.75 Å². The first-order valence-corrected chi connectivity index (χ1v) is 7.36. The first kappa shape index (κ1) is 15.5. The molecule has 1 aliphatic heterocycles. The third-order valence-electron chi connectivity index (χ3n) is 3.65. The first-order chi connectivity index (χ1) is 10.2. The van der Waals surface area contributed by atoms with Crippen LogP contribution in [0.15, 0.2) is 24.3 Å². The van der Waals surface area contributed by atoms with Crippen LogP contribution in [-0.4, -0.2) is 37.9 Å². The van der Waals surface area contributed by atoms with E-state index in [1.54, 1.807) is 31.4 Å². The van der Waals surface area contributed by atoms with Crippen LogP contribution in [0.4, 0.5) is 0 Å². The van der Waals surface area contributed by atoms with Crippen LogP contribution >= 0.6 is 0 Å². The normalized spacial score (nSPS) is 18.0. The third-order valence-corrected chi connectivity index (χ3v) is 3.65. The quantitative estimate of drug-likeness (QED) is 0.780. The van der Waals surface area contributed by atoms with Crippen LogP contribution in [0.3, 0.4) is 0 Å². The van der Waals surface area contributed by atoms with E-state index >= 15 is 0 Å². The predicted molar refractivity (Wildman–Crippen MR) is 80.6 cm³/mol. The van der Waals surface area contributed by atoms with Crippen LogP contribution < -0.4 is 15.4 Å². The molecule has 1 heterocycles. The molecule has 114 valence electrons. The van der Waals surface area contributed by atoms with Crippen molar-refractivity contribution in [2.75, 3.05) is 20.2 Å². The van der Waals surface area contributed by atoms with Crippen molar-refractivity contribution in [1.29, 1.82) is 0 Å². The van der Waals surface area contributed by atoms with Gasteiger partial charge in [0.15, 0.2) is 5.78 Å². The summed E-state index contributed by atoms with van der Waals surface area (Å²) in [6.45, 7) is 1.83. The second kappa shape index (κ2) is 7.78. The number of amides is 1.